The summed E-state index contributed by atoms with van der Waals surface area (Å²) >= 11 is 4.75. The number of hydrogen-bond donors (Lipinski definition) is 3. The second-order valence-corrected chi connectivity index (χ2v) is 6.16. The van der Waals surface area contributed by atoms with Gasteiger partial charge in [0.15, 0.2) is 5.11 Å². The van der Waals surface area contributed by atoms with E-state index in [1.54, 1.807) is 24.3 Å². The van der Waals surface area contributed by atoms with Crippen LogP contribution in [0.3, 0.4) is 0 Å². The normalized spacial score (nSPS) is 12.0. The maximum absolute atomic E-state index is 12.8. The topological polar surface area (TPSA) is 103 Å². The molecule has 2 aromatic rings. The number of anilines is 1. The maximum atomic E-state index is 12.8. The molecule has 4 N–H and O–H groups in total. The van der Waals surface area contributed by atoms with Crippen LogP contribution >= 0.6 is 12.2 Å². The van der Waals surface area contributed by atoms with Crippen LogP contribution in [0.1, 0.15) is 22.6 Å². The number of aryl methyl sites for hydroxylation is 2. The number of amides is 1. The molecule has 2 aromatic carbocycles. The molecule has 0 radical (unpaired) electrons. The molecule has 2 rings (SSSR count). The minimum absolute atomic E-state index is 0.0209. The summed E-state index contributed by atoms with van der Waals surface area (Å²) in [5.74, 6) is -1.37. The second kappa shape index (κ2) is 8.74. The van der Waals surface area contributed by atoms with E-state index in [9.17, 15) is 10.1 Å². The van der Waals surface area contributed by atoms with Crippen LogP contribution in [0.25, 0.3) is 0 Å². The summed E-state index contributed by atoms with van der Waals surface area (Å²) in [6, 6.07) is 16.8. The zero-order valence-electron chi connectivity index (χ0n) is 14.5. The number of rotatable bonds is 5. The van der Waals surface area contributed by atoms with Crippen molar-refractivity contribution < 1.29 is 4.79 Å². The molecule has 0 aliphatic carbocycles. The average molecular weight is 365 g/mol. The Kier molecular flexibility index (Phi) is 6.42. The van der Waals surface area contributed by atoms with Gasteiger partial charge in [-0.15, -0.1) is 0 Å². The Morgan fingerprint density at radius 2 is 1.92 bits per heavy atom. The largest absolute Gasteiger partial charge is 0.375 e. The molecule has 0 spiro atoms. The van der Waals surface area contributed by atoms with Crippen LogP contribution in [-0.2, 0) is 4.79 Å². The third-order valence-electron chi connectivity index (χ3n) is 3.70. The van der Waals surface area contributed by atoms with Crippen LogP contribution < -0.4 is 16.5 Å². The second-order valence-electron chi connectivity index (χ2n) is 5.72. The lowest BCUT2D eigenvalue weighted by atomic mass is 9.95. The molecule has 0 fully saturated rings. The number of hydrazone groups is 1. The quantitative estimate of drug-likeness (QED) is 0.429. The maximum Gasteiger partial charge on any atom is 0.273 e. The molecule has 132 valence electrons. The summed E-state index contributed by atoms with van der Waals surface area (Å²) in [6.07, 6.45) is 0. The first-order valence-electron chi connectivity index (χ1n) is 7.88. The molecule has 0 saturated carbocycles. The van der Waals surface area contributed by atoms with Crippen molar-refractivity contribution in [3.8, 4) is 6.07 Å². The predicted octanol–water partition coefficient (Wildman–Crippen LogP) is 2.74. The van der Waals surface area contributed by atoms with Crippen molar-refractivity contribution in [1.82, 2.24) is 5.43 Å². The Morgan fingerprint density at radius 3 is 2.54 bits per heavy atom. The molecular formula is C19H19N5OS. The summed E-state index contributed by atoms with van der Waals surface area (Å²) < 4.78 is 0. The van der Waals surface area contributed by atoms with Crippen LogP contribution in [0.2, 0.25) is 0 Å². The van der Waals surface area contributed by atoms with Gasteiger partial charge in [0.05, 0.1) is 6.07 Å². The summed E-state index contributed by atoms with van der Waals surface area (Å²) in [7, 11) is 0. The monoisotopic (exact) mass is 365 g/mol. The van der Waals surface area contributed by atoms with E-state index in [0.29, 0.717) is 11.3 Å². The van der Waals surface area contributed by atoms with Crippen molar-refractivity contribution >= 4 is 34.6 Å². The number of benzene rings is 2. The third-order valence-corrected chi connectivity index (χ3v) is 3.79. The standard InChI is InChI=1S/C19H19N5OS/c1-12-8-9-13(2)16(10-12)22-18(25)17(23-24-19(21)26)15(11-20)14-6-4-3-5-7-14/h3-10,15H,1-2H3,(H,22,25)(H3,21,24,26)/b23-17-/t15-/m1/s1. The zero-order valence-corrected chi connectivity index (χ0v) is 15.3. The first kappa shape index (κ1) is 19.1. The van der Waals surface area contributed by atoms with Crippen LogP contribution in [0.5, 0.6) is 0 Å². The minimum atomic E-state index is -0.872. The Balaban J connectivity index is 2.39. The fourth-order valence-corrected chi connectivity index (χ4v) is 2.40. The highest BCUT2D eigenvalue weighted by molar-refractivity contribution is 7.80. The van der Waals surface area contributed by atoms with E-state index in [2.05, 4.69) is 21.9 Å². The molecular weight excluding hydrogens is 346 g/mol. The number of nitrogens with one attached hydrogen (secondary N) is 2. The molecule has 26 heavy (non-hydrogen) atoms. The van der Waals surface area contributed by atoms with Gasteiger partial charge >= 0.3 is 0 Å². The first-order chi connectivity index (χ1) is 12.4. The molecule has 0 aliphatic rings. The molecule has 0 saturated heterocycles. The summed E-state index contributed by atoms with van der Waals surface area (Å²) in [6.45, 7) is 3.82. The zero-order chi connectivity index (χ0) is 19.1. The Morgan fingerprint density at radius 1 is 1.23 bits per heavy atom. The lowest BCUT2D eigenvalue weighted by Gasteiger charge is -2.15. The van der Waals surface area contributed by atoms with Crippen molar-refractivity contribution in [2.45, 2.75) is 19.8 Å². The molecule has 7 heteroatoms. The summed E-state index contributed by atoms with van der Waals surface area (Å²) in [4.78, 5) is 12.8. The lowest BCUT2D eigenvalue weighted by molar-refractivity contribution is -0.110. The molecule has 1 amide bonds. The SMILES string of the molecule is Cc1ccc(C)c(NC(=O)/C(=N\NC(N)=S)[C@H](C#N)c2ccccc2)c1. The van der Waals surface area contributed by atoms with Gasteiger partial charge in [-0.3, -0.25) is 10.2 Å². The molecule has 0 unspecified atom stereocenters. The van der Waals surface area contributed by atoms with Gasteiger partial charge in [0.2, 0.25) is 0 Å². The Bertz CT molecular complexity index is 887. The number of hydrogen-bond acceptors (Lipinski definition) is 4. The van der Waals surface area contributed by atoms with E-state index in [0.717, 1.165) is 11.1 Å². The number of nitriles is 1. The number of thiocarbonyl (C=S) groups is 1. The van der Waals surface area contributed by atoms with Gasteiger partial charge in [-0.05, 0) is 48.8 Å². The van der Waals surface area contributed by atoms with Crippen molar-refractivity contribution in [3.05, 3.63) is 65.2 Å². The van der Waals surface area contributed by atoms with Gasteiger partial charge in [0.25, 0.3) is 5.91 Å². The summed E-state index contributed by atoms with van der Waals surface area (Å²) in [5.41, 5.74) is 11.0. The van der Waals surface area contributed by atoms with Crippen molar-refractivity contribution in [3.63, 3.8) is 0 Å². The molecule has 0 heterocycles. The lowest BCUT2D eigenvalue weighted by Crippen LogP contribution is -2.33. The van der Waals surface area contributed by atoms with E-state index in [1.165, 1.54) is 0 Å². The number of nitrogens with two attached hydrogens (primary N) is 1. The van der Waals surface area contributed by atoms with Crippen LogP contribution in [-0.4, -0.2) is 16.7 Å². The summed E-state index contributed by atoms with van der Waals surface area (Å²) in [5, 5.41) is 16.3. The predicted molar refractivity (Wildman–Crippen MR) is 107 cm³/mol. The van der Waals surface area contributed by atoms with Gasteiger partial charge in [-0.1, -0.05) is 42.5 Å². The van der Waals surface area contributed by atoms with E-state index >= 15 is 0 Å². The van der Waals surface area contributed by atoms with E-state index in [-0.39, 0.29) is 10.8 Å². The van der Waals surface area contributed by atoms with Crippen molar-refractivity contribution in [2.75, 3.05) is 5.32 Å². The highest BCUT2D eigenvalue weighted by atomic mass is 32.1. The van der Waals surface area contributed by atoms with Crippen LogP contribution in [0.15, 0.2) is 53.6 Å². The van der Waals surface area contributed by atoms with E-state index in [1.807, 2.05) is 38.1 Å². The van der Waals surface area contributed by atoms with Crippen molar-refractivity contribution in [1.29, 1.82) is 5.26 Å². The number of nitrogens with zero attached hydrogens (tertiary/aromatic N) is 2. The van der Waals surface area contributed by atoms with Crippen LogP contribution in [0.4, 0.5) is 5.69 Å². The third kappa shape index (κ3) is 4.88. The molecule has 0 bridgehead atoms. The fraction of sp³-hybridized carbons (Fsp3) is 0.158. The molecule has 6 nitrogen and oxygen atoms in total. The number of carbonyl (C=O) groups excluding carboxylic acids is 1. The van der Waals surface area contributed by atoms with Gasteiger partial charge in [-0.25, -0.2) is 0 Å². The molecule has 1 atom stereocenters. The van der Waals surface area contributed by atoms with Gasteiger partial charge in [0, 0.05) is 5.69 Å². The Labute approximate surface area is 157 Å². The van der Waals surface area contributed by atoms with Gasteiger partial charge < -0.3 is 11.1 Å². The van der Waals surface area contributed by atoms with Crippen LogP contribution in [0, 0.1) is 25.2 Å². The smallest absolute Gasteiger partial charge is 0.273 e. The average Bonchev–Trinajstić information content (AvgIpc) is 2.62. The number of carbonyl (C=O) groups is 1. The molecule has 0 aliphatic heterocycles. The fourth-order valence-electron chi connectivity index (χ4n) is 2.36. The Hall–Kier alpha value is -3.24. The highest BCUT2D eigenvalue weighted by Crippen LogP contribution is 2.20. The molecule has 0 aromatic heterocycles. The van der Waals surface area contributed by atoms with Gasteiger partial charge in [-0.2, -0.15) is 10.4 Å². The van der Waals surface area contributed by atoms with Gasteiger partial charge in [0.1, 0.15) is 11.6 Å². The minimum Gasteiger partial charge on any atom is -0.375 e. The first-order valence-corrected chi connectivity index (χ1v) is 8.29. The highest BCUT2D eigenvalue weighted by Gasteiger charge is 2.25. The van der Waals surface area contributed by atoms with E-state index in [4.69, 9.17) is 18.0 Å². The van der Waals surface area contributed by atoms with Crippen molar-refractivity contribution in [2.24, 2.45) is 10.8 Å². The van der Waals surface area contributed by atoms with E-state index < -0.39 is 11.8 Å².